The van der Waals surface area contributed by atoms with Crippen LogP contribution in [-0.2, 0) is 0 Å². The predicted molar refractivity (Wildman–Crippen MR) is 78.9 cm³/mol. The first kappa shape index (κ1) is 14.3. The second-order valence-electron chi connectivity index (χ2n) is 6.81. The van der Waals surface area contributed by atoms with Gasteiger partial charge in [0.2, 0.25) is 0 Å². The van der Waals surface area contributed by atoms with E-state index in [1.165, 1.54) is 58.2 Å². The Labute approximate surface area is 114 Å². The molecule has 18 heavy (non-hydrogen) atoms. The van der Waals surface area contributed by atoms with Gasteiger partial charge in [-0.15, -0.1) is 0 Å². The Balaban J connectivity index is 1.90. The first-order chi connectivity index (χ1) is 8.70. The minimum Gasteiger partial charge on any atom is -0.311 e. The van der Waals surface area contributed by atoms with Gasteiger partial charge in [0.25, 0.3) is 0 Å². The van der Waals surface area contributed by atoms with Crippen molar-refractivity contribution in [3.8, 4) is 0 Å². The van der Waals surface area contributed by atoms with Crippen molar-refractivity contribution >= 4 is 0 Å². The monoisotopic (exact) mass is 252 g/mol. The molecule has 0 bridgehead atoms. The van der Waals surface area contributed by atoms with E-state index in [4.69, 9.17) is 0 Å². The van der Waals surface area contributed by atoms with E-state index in [9.17, 15) is 0 Å². The standard InChI is InChI=1S/C16H32N2/c1-4-7-15-12-18(11-14-8-5-6-9-14)16(10-17-15)13(2)3/h13-17H,4-12H2,1-3H3. The Morgan fingerprint density at radius 2 is 1.94 bits per heavy atom. The van der Waals surface area contributed by atoms with Crippen LogP contribution < -0.4 is 5.32 Å². The van der Waals surface area contributed by atoms with Crippen molar-refractivity contribution in [2.24, 2.45) is 11.8 Å². The van der Waals surface area contributed by atoms with Gasteiger partial charge < -0.3 is 5.32 Å². The summed E-state index contributed by atoms with van der Waals surface area (Å²) >= 11 is 0. The normalized spacial score (nSPS) is 31.3. The maximum atomic E-state index is 3.76. The van der Waals surface area contributed by atoms with Gasteiger partial charge >= 0.3 is 0 Å². The molecule has 2 heteroatoms. The molecule has 2 aliphatic rings. The van der Waals surface area contributed by atoms with Crippen LogP contribution in [0.5, 0.6) is 0 Å². The van der Waals surface area contributed by atoms with Crippen LogP contribution in [0.4, 0.5) is 0 Å². The van der Waals surface area contributed by atoms with Gasteiger partial charge in [-0.1, -0.05) is 40.0 Å². The fourth-order valence-corrected chi connectivity index (χ4v) is 3.83. The predicted octanol–water partition coefficient (Wildman–Crippen LogP) is 3.28. The minimum absolute atomic E-state index is 0.742. The van der Waals surface area contributed by atoms with Gasteiger partial charge in [-0.3, -0.25) is 4.90 Å². The van der Waals surface area contributed by atoms with E-state index in [0.29, 0.717) is 0 Å². The lowest BCUT2D eigenvalue weighted by Gasteiger charge is -2.43. The second-order valence-corrected chi connectivity index (χ2v) is 6.81. The molecule has 106 valence electrons. The summed E-state index contributed by atoms with van der Waals surface area (Å²) in [4.78, 5) is 2.82. The summed E-state index contributed by atoms with van der Waals surface area (Å²) in [7, 11) is 0. The zero-order chi connectivity index (χ0) is 13.0. The molecule has 0 aromatic carbocycles. The molecular formula is C16H32N2. The molecule has 2 unspecified atom stereocenters. The van der Waals surface area contributed by atoms with Crippen molar-refractivity contribution in [2.75, 3.05) is 19.6 Å². The first-order valence-corrected chi connectivity index (χ1v) is 8.18. The molecule has 0 radical (unpaired) electrons. The summed E-state index contributed by atoms with van der Waals surface area (Å²) in [6.45, 7) is 10.9. The lowest BCUT2D eigenvalue weighted by molar-refractivity contribution is 0.0798. The molecule has 1 N–H and O–H groups in total. The largest absolute Gasteiger partial charge is 0.311 e. The molecule has 0 aromatic rings. The zero-order valence-electron chi connectivity index (χ0n) is 12.6. The van der Waals surface area contributed by atoms with E-state index in [0.717, 1.165) is 23.9 Å². The van der Waals surface area contributed by atoms with E-state index in [2.05, 4.69) is 31.0 Å². The van der Waals surface area contributed by atoms with Gasteiger partial charge in [0, 0.05) is 31.7 Å². The van der Waals surface area contributed by atoms with Crippen molar-refractivity contribution < 1.29 is 0 Å². The third-order valence-electron chi connectivity index (χ3n) is 4.91. The summed E-state index contributed by atoms with van der Waals surface area (Å²) in [6.07, 6.45) is 8.55. The van der Waals surface area contributed by atoms with Crippen LogP contribution in [-0.4, -0.2) is 36.6 Å². The summed E-state index contributed by atoms with van der Waals surface area (Å²) in [5.41, 5.74) is 0. The Hall–Kier alpha value is -0.0800. The summed E-state index contributed by atoms with van der Waals surface area (Å²) in [6, 6.07) is 1.50. The van der Waals surface area contributed by atoms with E-state index >= 15 is 0 Å². The number of hydrogen-bond donors (Lipinski definition) is 1. The number of rotatable bonds is 5. The molecule has 1 aliphatic heterocycles. The lowest BCUT2D eigenvalue weighted by Crippen LogP contribution is -2.58. The molecule has 1 saturated carbocycles. The van der Waals surface area contributed by atoms with E-state index in [1.807, 2.05) is 0 Å². The average Bonchev–Trinajstić information content (AvgIpc) is 2.82. The Morgan fingerprint density at radius 3 is 2.56 bits per heavy atom. The van der Waals surface area contributed by atoms with Crippen LogP contribution in [0.15, 0.2) is 0 Å². The number of hydrogen-bond acceptors (Lipinski definition) is 2. The Kier molecular flexibility index (Phi) is 5.50. The van der Waals surface area contributed by atoms with Crippen molar-refractivity contribution in [3.63, 3.8) is 0 Å². The highest BCUT2D eigenvalue weighted by molar-refractivity contribution is 4.89. The molecule has 2 rings (SSSR count). The average molecular weight is 252 g/mol. The quantitative estimate of drug-likeness (QED) is 0.808. The number of nitrogens with zero attached hydrogens (tertiary/aromatic N) is 1. The molecule has 2 atom stereocenters. The summed E-state index contributed by atoms with van der Waals surface area (Å²) in [5.74, 6) is 1.77. The molecule has 0 amide bonds. The summed E-state index contributed by atoms with van der Waals surface area (Å²) < 4.78 is 0. The van der Waals surface area contributed by atoms with Gasteiger partial charge in [-0.2, -0.15) is 0 Å². The van der Waals surface area contributed by atoms with Crippen molar-refractivity contribution in [1.82, 2.24) is 10.2 Å². The van der Waals surface area contributed by atoms with Crippen LogP contribution in [0, 0.1) is 11.8 Å². The van der Waals surface area contributed by atoms with Crippen LogP contribution in [0.2, 0.25) is 0 Å². The van der Waals surface area contributed by atoms with Crippen LogP contribution in [0.1, 0.15) is 59.3 Å². The van der Waals surface area contributed by atoms with Crippen LogP contribution in [0.3, 0.4) is 0 Å². The SMILES string of the molecule is CCCC1CN(CC2CCCC2)C(C(C)C)CN1. The molecular weight excluding hydrogens is 220 g/mol. The summed E-state index contributed by atoms with van der Waals surface area (Å²) in [5, 5.41) is 3.76. The van der Waals surface area contributed by atoms with Crippen molar-refractivity contribution in [3.05, 3.63) is 0 Å². The van der Waals surface area contributed by atoms with Crippen LogP contribution >= 0.6 is 0 Å². The van der Waals surface area contributed by atoms with Gasteiger partial charge in [-0.25, -0.2) is 0 Å². The van der Waals surface area contributed by atoms with E-state index < -0.39 is 0 Å². The topological polar surface area (TPSA) is 15.3 Å². The first-order valence-electron chi connectivity index (χ1n) is 8.18. The number of nitrogens with one attached hydrogen (secondary N) is 1. The maximum absolute atomic E-state index is 3.76. The van der Waals surface area contributed by atoms with E-state index in [1.54, 1.807) is 0 Å². The fraction of sp³-hybridized carbons (Fsp3) is 1.00. The van der Waals surface area contributed by atoms with Crippen LogP contribution in [0.25, 0.3) is 0 Å². The van der Waals surface area contributed by atoms with E-state index in [-0.39, 0.29) is 0 Å². The molecule has 0 aromatic heterocycles. The van der Waals surface area contributed by atoms with Gasteiger partial charge in [0.05, 0.1) is 0 Å². The molecule has 2 nitrogen and oxygen atoms in total. The molecule has 1 aliphatic carbocycles. The highest BCUT2D eigenvalue weighted by atomic mass is 15.2. The molecule has 2 fully saturated rings. The minimum atomic E-state index is 0.742. The fourth-order valence-electron chi connectivity index (χ4n) is 3.83. The number of piperazine rings is 1. The third kappa shape index (κ3) is 3.71. The Morgan fingerprint density at radius 1 is 1.22 bits per heavy atom. The lowest BCUT2D eigenvalue weighted by atomic mass is 9.95. The van der Waals surface area contributed by atoms with Crippen molar-refractivity contribution in [1.29, 1.82) is 0 Å². The molecule has 1 heterocycles. The molecule has 1 saturated heterocycles. The molecule has 0 spiro atoms. The third-order valence-corrected chi connectivity index (χ3v) is 4.91. The van der Waals surface area contributed by atoms with Gasteiger partial charge in [0.1, 0.15) is 0 Å². The van der Waals surface area contributed by atoms with Gasteiger partial charge in [-0.05, 0) is 31.1 Å². The smallest absolute Gasteiger partial charge is 0.0244 e. The zero-order valence-corrected chi connectivity index (χ0v) is 12.6. The Bertz CT molecular complexity index is 233. The van der Waals surface area contributed by atoms with Gasteiger partial charge in [0.15, 0.2) is 0 Å². The second kappa shape index (κ2) is 6.91. The maximum Gasteiger partial charge on any atom is 0.0244 e. The highest BCUT2D eigenvalue weighted by Gasteiger charge is 2.31. The van der Waals surface area contributed by atoms with Crippen molar-refractivity contribution in [2.45, 2.75) is 71.4 Å². The highest BCUT2D eigenvalue weighted by Crippen LogP contribution is 2.28.